The Morgan fingerprint density at radius 1 is 1.25 bits per heavy atom. The summed E-state index contributed by atoms with van der Waals surface area (Å²) in [5.41, 5.74) is 6.81. The molecule has 0 fully saturated rings. The minimum Gasteiger partial charge on any atom is -0.344 e. The van der Waals surface area contributed by atoms with Crippen LogP contribution in [0.3, 0.4) is 0 Å². The summed E-state index contributed by atoms with van der Waals surface area (Å²) in [6.07, 6.45) is 2.35. The number of hydrogen-bond acceptors (Lipinski definition) is 1. The molecule has 1 aliphatic heterocycles. The van der Waals surface area contributed by atoms with E-state index in [1.54, 1.807) is 0 Å². The lowest BCUT2D eigenvalue weighted by molar-refractivity contribution is 0.585. The number of aryl methyl sites for hydroxylation is 3. The van der Waals surface area contributed by atoms with Crippen LogP contribution in [0.5, 0.6) is 0 Å². The SMILES string of the molecule is Cc1c(C)n2c3c(cc(C(C#N)C(C)C)cc13)CCC2. The molecule has 1 aromatic carbocycles. The molecule has 2 nitrogen and oxygen atoms in total. The van der Waals surface area contributed by atoms with Gasteiger partial charge in [-0.05, 0) is 55.4 Å². The molecule has 1 atom stereocenters. The van der Waals surface area contributed by atoms with Crippen molar-refractivity contribution in [2.45, 2.75) is 53.0 Å². The maximum atomic E-state index is 9.47. The number of hydrogen-bond donors (Lipinski definition) is 0. The first-order valence-electron chi connectivity index (χ1n) is 7.56. The van der Waals surface area contributed by atoms with E-state index in [0.29, 0.717) is 5.92 Å². The maximum Gasteiger partial charge on any atom is 0.0736 e. The second-order valence-corrected chi connectivity index (χ2v) is 6.39. The summed E-state index contributed by atoms with van der Waals surface area (Å²) < 4.78 is 2.46. The summed E-state index contributed by atoms with van der Waals surface area (Å²) in [4.78, 5) is 0. The van der Waals surface area contributed by atoms with Gasteiger partial charge >= 0.3 is 0 Å². The molecule has 2 heterocycles. The van der Waals surface area contributed by atoms with Crippen LogP contribution in [0.4, 0.5) is 0 Å². The molecule has 0 spiro atoms. The topological polar surface area (TPSA) is 28.7 Å². The standard InChI is InChI=1S/C18H22N2/c1-11(2)17(10-19)15-8-14-6-5-7-20-13(4)12(3)16(9-15)18(14)20/h8-9,11,17H,5-7H2,1-4H3. The molecule has 1 aliphatic rings. The first-order valence-corrected chi connectivity index (χ1v) is 7.56. The van der Waals surface area contributed by atoms with Crippen LogP contribution in [0.25, 0.3) is 10.9 Å². The number of nitriles is 1. The van der Waals surface area contributed by atoms with Gasteiger partial charge in [-0.3, -0.25) is 0 Å². The Balaban J connectivity index is 2.30. The van der Waals surface area contributed by atoms with E-state index in [4.69, 9.17) is 0 Å². The van der Waals surface area contributed by atoms with Gasteiger partial charge in [0, 0.05) is 17.6 Å². The zero-order valence-corrected chi connectivity index (χ0v) is 12.8. The molecule has 1 aromatic heterocycles. The molecule has 2 aromatic rings. The fraction of sp³-hybridized carbons (Fsp3) is 0.500. The summed E-state index contributed by atoms with van der Waals surface area (Å²) in [7, 11) is 0. The van der Waals surface area contributed by atoms with Crippen molar-refractivity contribution < 1.29 is 0 Å². The lowest BCUT2D eigenvalue weighted by Crippen LogP contribution is -2.10. The summed E-state index contributed by atoms with van der Waals surface area (Å²) in [5, 5.41) is 10.8. The van der Waals surface area contributed by atoms with Crippen LogP contribution >= 0.6 is 0 Å². The number of rotatable bonds is 2. The summed E-state index contributed by atoms with van der Waals surface area (Å²) >= 11 is 0. The third kappa shape index (κ3) is 1.77. The van der Waals surface area contributed by atoms with Crippen LogP contribution in [0.1, 0.15) is 48.6 Å². The second kappa shape index (κ2) is 4.66. The van der Waals surface area contributed by atoms with Crippen LogP contribution in [-0.4, -0.2) is 4.57 Å². The van der Waals surface area contributed by atoms with E-state index in [1.165, 1.54) is 39.7 Å². The fourth-order valence-electron chi connectivity index (χ4n) is 3.57. The van der Waals surface area contributed by atoms with Crippen LogP contribution in [0.15, 0.2) is 12.1 Å². The molecular formula is C18H22N2. The first-order chi connectivity index (χ1) is 9.54. The van der Waals surface area contributed by atoms with Crippen molar-refractivity contribution in [3.8, 4) is 6.07 Å². The van der Waals surface area contributed by atoms with Crippen molar-refractivity contribution in [3.05, 3.63) is 34.5 Å². The van der Waals surface area contributed by atoms with E-state index < -0.39 is 0 Å². The maximum absolute atomic E-state index is 9.47. The van der Waals surface area contributed by atoms with E-state index in [-0.39, 0.29) is 5.92 Å². The van der Waals surface area contributed by atoms with Gasteiger partial charge in [-0.1, -0.05) is 19.9 Å². The predicted octanol–water partition coefficient (Wildman–Crippen LogP) is 4.47. The Morgan fingerprint density at radius 3 is 2.65 bits per heavy atom. The minimum atomic E-state index is 0.000586. The Hall–Kier alpha value is -1.75. The minimum absolute atomic E-state index is 0.000586. The quantitative estimate of drug-likeness (QED) is 0.788. The normalized spacial score (nSPS) is 15.6. The lowest BCUT2D eigenvalue weighted by atomic mass is 9.86. The first kappa shape index (κ1) is 13.2. The summed E-state index contributed by atoms with van der Waals surface area (Å²) in [5.74, 6) is 0.359. The fourth-order valence-corrected chi connectivity index (χ4v) is 3.57. The molecular weight excluding hydrogens is 244 g/mol. The van der Waals surface area contributed by atoms with Crippen molar-refractivity contribution in [3.63, 3.8) is 0 Å². The molecule has 1 unspecified atom stereocenters. The molecule has 0 N–H and O–H groups in total. The van der Waals surface area contributed by atoms with E-state index in [0.717, 1.165) is 13.0 Å². The van der Waals surface area contributed by atoms with Crippen molar-refractivity contribution in [2.24, 2.45) is 5.92 Å². The molecule has 0 saturated carbocycles. The molecule has 2 heteroatoms. The third-order valence-electron chi connectivity index (χ3n) is 4.83. The molecule has 20 heavy (non-hydrogen) atoms. The zero-order chi connectivity index (χ0) is 14.4. The highest BCUT2D eigenvalue weighted by Crippen LogP contribution is 2.36. The number of aromatic nitrogens is 1. The van der Waals surface area contributed by atoms with Crippen molar-refractivity contribution in [1.82, 2.24) is 4.57 Å². The van der Waals surface area contributed by atoms with Crippen LogP contribution in [0, 0.1) is 31.1 Å². The van der Waals surface area contributed by atoms with Gasteiger partial charge in [-0.2, -0.15) is 5.26 Å². The van der Waals surface area contributed by atoms with E-state index in [1.807, 2.05) is 0 Å². The van der Waals surface area contributed by atoms with Gasteiger partial charge in [0.25, 0.3) is 0 Å². The highest BCUT2D eigenvalue weighted by Gasteiger charge is 2.22. The zero-order valence-electron chi connectivity index (χ0n) is 12.8. The summed E-state index contributed by atoms with van der Waals surface area (Å²) in [6, 6.07) is 7.03. The van der Waals surface area contributed by atoms with Crippen LogP contribution < -0.4 is 0 Å². The lowest BCUT2D eigenvalue weighted by Gasteiger charge is -2.20. The van der Waals surface area contributed by atoms with E-state index >= 15 is 0 Å². The number of benzene rings is 1. The second-order valence-electron chi connectivity index (χ2n) is 6.39. The molecule has 104 valence electrons. The van der Waals surface area contributed by atoms with E-state index in [9.17, 15) is 5.26 Å². The van der Waals surface area contributed by atoms with Gasteiger partial charge in [0.05, 0.1) is 17.5 Å². The molecule has 0 saturated heterocycles. The predicted molar refractivity (Wildman–Crippen MR) is 82.9 cm³/mol. The smallest absolute Gasteiger partial charge is 0.0736 e. The molecule has 3 rings (SSSR count). The molecule has 0 amide bonds. The Morgan fingerprint density at radius 2 is 2.00 bits per heavy atom. The van der Waals surface area contributed by atoms with Gasteiger partial charge in [-0.15, -0.1) is 0 Å². The van der Waals surface area contributed by atoms with Gasteiger partial charge in [-0.25, -0.2) is 0 Å². The van der Waals surface area contributed by atoms with Gasteiger partial charge in [0.2, 0.25) is 0 Å². The van der Waals surface area contributed by atoms with Crippen molar-refractivity contribution >= 4 is 10.9 Å². The highest BCUT2D eigenvalue weighted by molar-refractivity contribution is 5.89. The van der Waals surface area contributed by atoms with Gasteiger partial charge in [0.1, 0.15) is 0 Å². The molecule has 0 radical (unpaired) electrons. The Kier molecular flexibility index (Phi) is 3.09. The van der Waals surface area contributed by atoms with Crippen molar-refractivity contribution in [2.75, 3.05) is 0 Å². The largest absolute Gasteiger partial charge is 0.344 e. The average molecular weight is 266 g/mol. The monoisotopic (exact) mass is 266 g/mol. The average Bonchev–Trinajstić information content (AvgIpc) is 2.67. The van der Waals surface area contributed by atoms with E-state index in [2.05, 4.69) is 50.5 Å². The van der Waals surface area contributed by atoms with Gasteiger partial charge in [0.15, 0.2) is 0 Å². The van der Waals surface area contributed by atoms with Crippen LogP contribution in [0.2, 0.25) is 0 Å². The molecule has 0 bridgehead atoms. The van der Waals surface area contributed by atoms with Crippen LogP contribution in [-0.2, 0) is 13.0 Å². The Labute approximate surface area is 121 Å². The number of nitrogens with zero attached hydrogens (tertiary/aromatic N) is 2. The van der Waals surface area contributed by atoms with Crippen molar-refractivity contribution in [1.29, 1.82) is 5.26 Å². The molecule has 0 aliphatic carbocycles. The highest BCUT2D eigenvalue weighted by atomic mass is 15.0. The Bertz CT molecular complexity index is 713. The van der Waals surface area contributed by atoms with Gasteiger partial charge < -0.3 is 4.57 Å². The summed E-state index contributed by atoms with van der Waals surface area (Å²) in [6.45, 7) is 9.83. The third-order valence-corrected chi connectivity index (χ3v) is 4.83.